The van der Waals surface area contributed by atoms with Crippen molar-refractivity contribution in [1.29, 1.82) is 0 Å². The standard InChI is InChI=1S/C20H17N5O8/c26-19(27)16(22-20(28)33-11-13-4-2-1-3-5-13)8-14-10-23(12-21-14)17-7-6-15(24(29)30)9-18(17)25(31)32/h1-7,9-10,12,16H,8,11H2,(H,22,28)(H,26,27)/t16-/m0/s1. The number of carbonyl (C=O) groups excluding carboxylic acids is 1. The van der Waals surface area contributed by atoms with Gasteiger partial charge in [0.15, 0.2) is 0 Å². The predicted octanol–water partition coefficient (Wildman–Crippen LogP) is 2.61. The van der Waals surface area contributed by atoms with Gasteiger partial charge in [0, 0.05) is 18.7 Å². The Kier molecular flexibility index (Phi) is 6.93. The quantitative estimate of drug-likeness (QED) is 0.362. The first-order valence-electron chi connectivity index (χ1n) is 9.40. The van der Waals surface area contributed by atoms with Gasteiger partial charge in [-0.1, -0.05) is 30.3 Å². The van der Waals surface area contributed by atoms with Gasteiger partial charge >= 0.3 is 12.1 Å². The fourth-order valence-corrected chi connectivity index (χ4v) is 2.91. The number of nitrogens with one attached hydrogen (secondary N) is 1. The molecule has 3 aromatic rings. The molecule has 0 radical (unpaired) electrons. The number of amides is 1. The molecule has 0 bridgehead atoms. The van der Waals surface area contributed by atoms with E-state index in [4.69, 9.17) is 4.74 Å². The second-order valence-corrected chi connectivity index (χ2v) is 6.76. The molecule has 0 spiro atoms. The third-order valence-electron chi connectivity index (χ3n) is 4.50. The van der Waals surface area contributed by atoms with Gasteiger partial charge in [-0.15, -0.1) is 0 Å². The predicted molar refractivity (Wildman–Crippen MR) is 112 cm³/mol. The number of aliphatic carboxylic acids is 1. The fraction of sp³-hybridized carbons (Fsp3) is 0.150. The van der Waals surface area contributed by atoms with Crippen molar-refractivity contribution in [2.45, 2.75) is 19.1 Å². The summed E-state index contributed by atoms with van der Waals surface area (Å²) in [4.78, 5) is 48.3. The van der Waals surface area contributed by atoms with Crippen LogP contribution in [0.25, 0.3) is 5.69 Å². The molecule has 3 rings (SSSR count). The zero-order chi connectivity index (χ0) is 24.0. The Balaban J connectivity index is 1.71. The van der Waals surface area contributed by atoms with Crippen LogP contribution in [0, 0.1) is 20.2 Å². The minimum Gasteiger partial charge on any atom is -0.480 e. The lowest BCUT2D eigenvalue weighted by molar-refractivity contribution is -0.394. The number of carboxylic acid groups (broad SMARTS) is 1. The smallest absolute Gasteiger partial charge is 0.408 e. The summed E-state index contributed by atoms with van der Waals surface area (Å²) in [5, 5.41) is 33.9. The van der Waals surface area contributed by atoms with Gasteiger partial charge in [0.05, 0.1) is 27.9 Å². The van der Waals surface area contributed by atoms with E-state index in [0.29, 0.717) is 0 Å². The molecule has 0 saturated heterocycles. The number of imidazole rings is 1. The van der Waals surface area contributed by atoms with Gasteiger partial charge in [-0.25, -0.2) is 14.6 Å². The van der Waals surface area contributed by atoms with Gasteiger partial charge in [-0.3, -0.25) is 24.8 Å². The summed E-state index contributed by atoms with van der Waals surface area (Å²) in [6.45, 7) is -0.0442. The first-order chi connectivity index (χ1) is 15.7. The summed E-state index contributed by atoms with van der Waals surface area (Å²) in [7, 11) is 0. The van der Waals surface area contributed by atoms with Crippen LogP contribution >= 0.6 is 0 Å². The summed E-state index contributed by atoms with van der Waals surface area (Å²) < 4.78 is 6.26. The minimum absolute atomic E-state index is 0.00598. The van der Waals surface area contributed by atoms with Crippen LogP contribution in [0.2, 0.25) is 0 Å². The number of hydrogen-bond acceptors (Lipinski definition) is 8. The third-order valence-corrected chi connectivity index (χ3v) is 4.50. The largest absolute Gasteiger partial charge is 0.480 e. The highest BCUT2D eigenvalue weighted by atomic mass is 16.6. The van der Waals surface area contributed by atoms with Gasteiger partial charge in [0.25, 0.3) is 11.4 Å². The molecule has 2 N–H and O–H groups in total. The van der Waals surface area contributed by atoms with E-state index in [2.05, 4.69) is 10.3 Å². The number of nitrogens with zero attached hydrogens (tertiary/aromatic N) is 4. The average molecular weight is 455 g/mol. The third kappa shape index (κ3) is 5.88. The molecule has 2 aromatic carbocycles. The topological polar surface area (TPSA) is 180 Å². The Morgan fingerprint density at radius 3 is 2.48 bits per heavy atom. The maximum atomic E-state index is 12.0. The molecule has 0 aliphatic rings. The SMILES string of the molecule is O=C(N[C@@H](Cc1cn(-c2ccc([N+](=O)[O-])cc2[N+](=O)[O-])cn1)C(=O)O)OCc1ccccc1. The van der Waals surface area contributed by atoms with Gasteiger partial charge in [0.2, 0.25) is 0 Å². The number of rotatable bonds is 9. The zero-order valence-corrected chi connectivity index (χ0v) is 16.9. The molecule has 33 heavy (non-hydrogen) atoms. The Hall–Kier alpha value is -4.81. The number of alkyl carbamates (subject to hydrolysis) is 1. The van der Waals surface area contributed by atoms with Crippen LogP contribution in [0.5, 0.6) is 0 Å². The molecule has 13 nitrogen and oxygen atoms in total. The Labute approximate surface area is 185 Å². The highest BCUT2D eigenvalue weighted by molar-refractivity contribution is 5.80. The molecule has 170 valence electrons. The molecule has 0 aliphatic heterocycles. The normalized spacial score (nSPS) is 11.4. The van der Waals surface area contributed by atoms with Crippen molar-refractivity contribution in [2.24, 2.45) is 0 Å². The lowest BCUT2D eigenvalue weighted by Gasteiger charge is -2.13. The van der Waals surface area contributed by atoms with Gasteiger partial charge < -0.3 is 15.2 Å². The van der Waals surface area contributed by atoms with Gasteiger partial charge in [0.1, 0.15) is 18.3 Å². The number of ether oxygens (including phenoxy) is 1. The Morgan fingerprint density at radius 1 is 1.12 bits per heavy atom. The minimum atomic E-state index is -1.37. The number of hydrogen-bond donors (Lipinski definition) is 2. The zero-order valence-electron chi connectivity index (χ0n) is 16.9. The summed E-state index contributed by atoms with van der Waals surface area (Å²) in [5.41, 5.74) is -0.0340. The van der Waals surface area contributed by atoms with Gasteiger partial charge in [-0.2, -0.15) is 0 Å². The maximum Gasteiger partial charge on any atom is 0.408 e. The molecule has 13 heteroatoms. The summed E-state index contributed by atoms with van der Waals surface area (Å²) in [5.74, 6) is -1.33. The van der Waals surface area contributed by atoms with E-state index in [1.807, 2.05) is 0 Å². The monoisotopic (exact) mass is 455 g/mol. The van der Waals surface area contributed by atoms with E-state index >= 15 is 0 Å². The second-order valence-electron chi connectivity index (χ2n) is 6.76. The van der Waals surface area contributed by atoms with E-state index in [-0.39, 0.29) is 24.4 Å². The molecule has 1 heterocycles. The van der Waals surface area contributed by atoms with Crippen molar-refractivity contribution < 1.29 is 29.3 Å². The number of non-ortho nitro benzene ring substituents is 1. The van der Waals surface area contributed by atoms with Crippen LogP contribution < -0.4 is 5.32 Å². The van der Waals surface area contributed by atoms with Gasteiger partial charge in [-0.05, 0) is 11.6 Å². The molecular formula is C20H17N5O8. The van der Waals surface area contributed by atoms with Crippen molar-refractivity contribution in [3.8, 4) is 5.69 Å². The van der Waals surface area contributed by atoms with Crippen molar-refractivity contribution >= 4 is 23.4 Å². The number of nitro benzene ring substituents is 2. The van der Waals surface area contributed by atoms with Crippen molar-refractivity contribution in [1.82, 2.24) is 14.9 Å². The molecule has 1 atom stereocenters. The van der Waals surface area contributed by atoms with E-state index < -0.39 is 39.3 Å². The maximum absolute atomic E-state index is 12.0. The first-order valence-corrected chi connectivity index (χ1v) is 9.40. The molecule has 0 unspecified atom stereocenters. The van der Waals surface area contributed by atoms with E-state index in [9.17, 15) is 34.9 Å². The molecule has 1 aromatic heterocycles. The van der Waals surface area contributed by atoms with E-state index in [1.165, 1.54) is 23.2 Å². The molecule has 0 aliphatic carbocycles. The second kappa shape index (κ2) is 10.00. The number of carboxylic acids is 1. The average Bonchev–Trinajstić information content (AvgIpc) is 3.25. The summed E-state index contributed by atoms with van der Waals surface area (Å²) >= 11 is 0. The van der Waals surface area contributed by atoms with E-state index in [0.717, 1.165) is 17.7 Å². The molecular weight excluding hydrogens is 438 g/mol. The summed E-state index contributed by atoms with van der Waals surface area (Å²) in [6, 6.07) is 10.6. The number of nitro groups is 2. The highest BCUT2D eigenvalue weighted by Crippen LogP contribution is 2.28. The lowest BCUT2D eigenvalue weighted by Crippen LogP contribution is -2.42. The van der Waals surface area contributed by atoms with Crippen LogP contribution in [0.4, 0.5) is 16.2 Å². The van der Waals surface area contributed by atoms with Crippen molar-refractivity contribution in [2.75, 3.05) is 0 Å². The van der Waals surface area contributed by atoms with Crippen LogP contribution in [-0.4, -0.2) is 42.6 Å². The molecule has 1 amide bonds. The van der Waals surface area contributed by atoms with Crippen molar-refractivity contribution in [3.05, 3.63) is 92.5 Å². The van der Waals surface area contributed by atoms with Crippen LogP contribution in [0.3, 0.4) is 0 Å². The molecule has 0 fully saturated rings. The summed E-state index contributed by atoms with van der Waals surface area (Å²) in [6.07, 6.45) is 1.37. The highest BCUT2D eigenvalue weighted by Gasteiger charge is 2.24. The Bertz CT molecular complexity index is 1190. The first kappa shape index (κ1) is 22.9. The van der Waals surface area contributed by atoms with Crippen molar-refractivity contribution in [3.63, 3.8) is 0 Å². The van der Waals surface area contributed by atoms with Crippen LogP contribution in [0.1, 0.15) is 11.3 Å². The number of carbonyl (C=O) groups is 2. The number of aromatic nitrogens is 2. The fourth-order valence-electron chi connectivity index (χ4n) is 2.91. The molecule has 0 saturated carbocycles. The van der Waals surface area contributed by atoms with Crippen LogP contribution in [-0.2, 0) is 22.6 Å². The van der Waals surface area contributed by atoms with E-state index in [1.54, 1.807) is 30.3 Å². The van der Waals surface area contributed by atoms with Crippen LogP contribution in [0.15, 0.2) is 61.1 Å². The number of benzene rings is 2. The lowest BCUT2D eigenvalue weighted by atomic mass is 10.1. The Morgan fingerprint density at radius 2 is 1.85 bits per heavy atom.